The van der Waals surface area contributed by atoms with Crippen molar-refractivity contribution in [3.8, 4) is 0 Å². The summed E-state index contributed by atoms with van der Waals surface area (Å²) in [4.78, 5) is 0. The number of rotatable bonds is 0. The summed E-state index contributed by atoms with van der Waals surface area (Å²) in [6, 6.07) is 0. The van der Waals surface area contributed by atoms with E-state index in [2.05, 4.69) is 0 Å². The third-order valence-corrected chi connectivity index (χ3v) is 0. The van der Waals surface area contributed by atoms with Gasteiger partial charge < -0.3 is 56.5 Å². The molecule has 0 aromatic rings. The fraction of sp³-hybridized carbons (Fsp3) is 0. The summed E-state index contributed by atoms with van der Waals surface area (Å²) in [5.41, 5.74) is 0. The molecule has 120 valence electrons. The Morgan fingerprint density at radius 1 is 0.500 bits per heavy atom. The van der Waals surface area contributed by atoms with Crippen molar-refractivity contribution in [2.24, 2.45) is 0 Å². The summed E-state index contributed by atoms with van der Waals surface area (Å²) in [6.07, 6.45) is 0. The summed E-state index contributed by atoms with van der Waals surface area (Å²) in [6.45, 7) is 0. The smallest absolute Gasteiger partial charge is 0.759 e. The zero-order valence-corrected chi connectivity index (χ0v) is 18.5. The Labute approximate surface area is 195 Å². The molecular weight excluding hydrogens is 391 g/mol. The topological polar surface area (TPSA) is 381 Å². The van der Waals surface area contributed by atoms with Crippen LogP contribution in [-0.2, 0) is 20.8 Å². The standard InChI is InChI=1S/K.Mg.Na.2H2O4S.7H2O/c;;;2*1-5(2,3)4;;;;;;;/h;;;2*(H2,1,2,3,4);7*1H2/q+1;+2;+1;;;;;;;;;/p-4. The average molecular weight is 405 g/mol. The molecule has 14 N–H and O–H groups in total. The minimum absolute atomic E-state index is 0. The Kier molecular flexibility index (Phi) is 199. The van der Waals surface area contributed by atoms with E-state index in [0.29, 0.717) is 0 Å². The average Bonchev–Trinajstić information content (AvgIpc) is 1.12. The zero-order chi connectivity index (χ0) is 9.00. The van der Waals surface area contributed by atoms with Crippen molar-refractivity contribution in [2.45, 2.75) is 0 Å². The van der Waals surface area contributed by atoms with Gasteiger partial charge in [0, 0.05) is 20.8 Å². The molecule has 20 heavy (non-hydrogen) atoms. The maximum absolute atomic E-state index is 8.52. The van der Waals surface area contributed by atoms with Crippen LogP contribution in [0.3, 0.4) is 0 Å². The molecule has 0 amide bonds. The molecule has 0 fully saturated rings. The van der Waals surface area contributed by atoms with Gasteiger partial charge in [0.15, 0.2) is 0 Å². The van der Waals surface area contributed by atoms with Crippen LogP contribution in [0.15, 0.2) is 0 Å². The van der Waals surface area contributed by atoms with Crippen LogP contribution >= 0.6 is 0 Å². The van der Waals surface area contributed by atoms with Crippen molar-refractivity contribution in [1.82, 2.24) is 0 Å². The molecular formula is H14KMgNaO15S2. The van der Waals surface area contributed by atoms with Gasteiger partial charge in [-0.1, -0.05) is 0 Å². The molecule has 0 aliphatic heterocycles. The molecule has 0 radical (unpaired) electrons. The van der Waals surface area contributed by atoms with Crippen LogP contribution in [0, 0.1) is 0 Å². The van der Waals surface area contributed by atoms with Gasteiger partial charge in [-0.25, -0.2) is 0 Å². The Morgan fingerprint density at radius 3 is 0.500 bits per heavy atom. The van der Waals surface area contributed by atoms with E-state index >= 15 is 0 Å². The summed E-state index contributed by atoms with van der Waals surface area (Å²) in [5.74, 6) is 0. The van der Waals surface area contributed by atoms with E-state index in [-0.39, 0.29) is 142 Å². The SMILES string of the molecule is O.O.O.O.O.O.O.O=S(=O)([O-])[O-].O=S(=O)([O-])[O-].[K+].[Mg+2].[Na+]. The molecule has 0 rings (SSSR count). The number of hydrogen-bond acceptors (Lipinski definition) is 8. The Bertz CT molecular complexity index is 222. The molecule has 0 saturated heterocycles. The molecule has 0 aromatic carbocycles. The molecule has 0 saturated carbocycles. The summed E-state index contributed by atoms with van der Waals surface area (Å²) < 4.78 is 68.2. The van der Waals surface area contributed by atoms with Gasteiger partial charge >= 0.3 is 104 Å². The van der Waals surface area contributed by atoms with E-state index in [9.17, 15) is 0 Å². The predicted molar refractivity (Wildman–Crippen MR) is 52.0 cm³/mol. The van der Waals surface area contributed by atoms with Crippen LogP contribution < -0.4 is 80.9 Å². The van der Waals surface area contributed by atoms with Crippen LogP contribution in [0.2, 0.25) is 0 Å². The Morgan fingerprint density at radius 2 is 0.500 bits per heavy atom. The van der Waals surface area contributed by atoms with Crippen molar-refractivity contribution in [3.63, 3.8) is 0 Å². The van der Waals surface area contributed by atoms with Gasteiger partial charge in [-0.3, -0.25) is 16.8 Å². The molecule has 0 heterocycles. The van der Waals surface area contributed by atoms with Crippen LogP contribution in [-0.4, -0.2) is 96.4 Å². The van der Waals surface area contributed by atoms with Crippen molar-refractivity contribution in [2.75, 3.05) is 0 Å². The first-order valence-electron chi connectivity index (χ1n) is 1.33. The van der Waals surface area contributed by atoms with Gasteiger partial charge in [-0.2, -0.15) is 0 Å². The van der Waals surface area contributed by atoms with Crippen molar-refractivity contribution >= 4 is 43.9 Å². The van der Waals surface area contributed by atoms with E-state index in [1.54, 1.807) is 0 Å². The Hall–Kier alpha value is 2.86. The first-order valence-corrected chi connectivity index (χ1v) is 4.00. The van der Waals surface area contributed by atoms with Gasteiger partial charge in [0.2, 0.25) is 0 Å². The minimum Gasteiger partial charge on any atom is -0.759 e. The molecule has 0 bridgehead atoms. The normalized spacial score (nSPS) is 5.80. The van der Waals surface area contributed by atoms with E-state index in [0.717, 1.165) is 0 Å². The molecule has 0 aliphatic rings. The third kappa shape index (κ3) is 1000. The Balaban J connectivity index is -0.00000000427. The van der Waals surface area contributed by atoms with Gasteiger partial charge in [0.1, 0.15) is 0 Å². The molecule has 0 unspecified atom stereocenters. The second-order valence-electron chi connectivity index (χ2n) is 0.816. The van der Waals surface area contributed by atoms with E-state index in [1.165, 1.54) is 0 Å². The maximum atomic E-state index is 8.52. The third-order valence-electron chi connectivity index (χ3n) is 0. The predicted octanol–water partition coefficient (Wildman–Crippen LogP) is -14.8. The summed E-state index contributed by atoms with van der Waals surface area (Å²) in [7, 11) is -10.3. The zero-order valence-electron chi connectivity index (χ0n) is 10.3. The van der Waals surface area contributed by atoms with Crippen molar-refractivity contribution < 1.29 is 154 Å². The molecule has 0 aliphatic carbocycles. The largest absolute Gasteiger partial charge is 2.00 e. The molecule has 20 heteroatoms. The second-order valence-corrected chi connectivity index (χ2v) is 2.45. The maximum Gasteiger partial charge on any atom is 2.00 e. The van der Waals surface area contributed by atoms with Crippen molar-refractivity contribution in [3.05, 3.63) is 0 Å². The van der Waals surface area contributed by atoms with E-state index < -0.39 is 20.8 Å². The fourth-order valence-electron chi connectivity index (χ4n) is 0. The van der Waals surface area contributed by atoms with Gasteiger partial charge in [-0.15, -0.1) is 0 Å². The fourth-order valence-corrected chi connectivity index (χ4v) is 0. The molecule has 0 aromatic heterocycles. The van der Waals surface area contributed by atoms with Gasteiger partial charge in [0.25, 0.3) is 0 Å². The van der Waals surface area contributed by atoms with Crippen LogP contribution in [0.1, 0.15) is 0 Å². The number of hydrogen-bond donors (Lipinski definition) is 0. The van der Waals surface area contributed by atoms with Crippen LogP contribution in [0.25, 0.3) is 0 Å². The molecule has 15 nitrogen and oxygen atoms in total. The molecule has 0 atom stereocenters. The summed E-state index contributed by atoms with van der Waals surface area (Å²) in [5, 5.41) is 0. The second kappa shape index (κ2) is 43.1. The van der Waals surface area contributed by atoms with Crippen LogP contribution in [0.4, 0.5) is 0 Å². The monoisotopic (exact) mass is 404 g/mol. The van der Waals surface area contributed by atoms with E-state index in [4.69, 9.17) is 35.0 Å². The quantitative estimate of drug-likeness (QED) is 0.211. The summed E-state index contributed by atoms with van der Waals surface area (Å²) >= 11 is 0. The van der Waals surface area contributed by atoms with Crippen molar-refractivity contribution in [1.29, 1.82) is 0 Å². The first-order chi connectivity index (χ1) is 4.00. The van der Waals surface area contributed by atoms with Gasteiger partial charge in [-0.05, 0) is 0 Å². The van der Waals surface area contributed by atoms with Gasteiger partial charge in [0.05, 0.1) is 0 Å². The van der Waals surface area contributed by atoms with E-state index in [1.807, 2.05) is 0 Å². The minimum atomic E-state index is -5.17. The molecule has 0 spiro atoms. The first kappa shape index (κ1) is 92.6. The van der Waals surface area contributed by atoms with Crippen LogP contribution in [0.5, 0.6) is 0 Å².